The Bertz CT molecular complexity index is 2270. The van der Waals surface area contributed by atoms with Crippen molar-refractivity contribution >= 4 is 43.4 Å². The summed E-state index contributed by atoms with van der Waals surface area (Å²) in [6.45, 7) is 10.8. The number of furan rings is 1. The number of aryl methyl sites for hydroxylation is 5. The van der Waals surface area contributed by atoms with Gasteiger partial charge in [-0.1, -0.05) is 36.9 Å². The van der Waals surface area contributed by atoms with Crippen LogP contribution in [0.4, 0.5) is 0 Å². The molecular formula is C40H36N2OS+2. The van der Waals surface area contributed by atoms with Crippen LogP contribution in [0.3, 0.4) is 0 Å². The van der Waals surface area contributed by atoms with Gasteiger partial charge in [0.05, 0.1) is 11.5 Å². The van der Waals surface area contributed by atoms with Crippen LogP contribution in [-0.2, 0) is 13.5 Å². The molecule has 0 spiro atoms. The lowest BCUT2D eigenvalue weighted by molar-refractivity contribution is -0.707. The van der Waals surface area contributed by atoms with Crippen LogP contribution in [0.1, 0.15) is 45.5 Å². The first-order valence-electron chi connectivity index (χ1n) is 15.5. The van der Waals surface area contributed by atoms with E-state index in [1.54, 1.807) is 0 Å². The minimum atomic E-state index is 0.185. The molecule has 0 bridgehead atoms. The third-order valence-corrected chi connectivity index (χ3v) is 10.5. The molecule has 0 saturated carbocycles. The molecule has 7 aromatic rings. The molecule has 44 heavy (non-hydrogen) atoms. The van der Waals surface area contributed by atoms with E-state index in [1.807, 2.05) is 11.3 Å². The lowest BCUT2D eigenvalue weighted by atomic mass is 9.79. The predicted octanol–water partition coefficient (Wildman–Crippen LogP) is 9.63. The van der Waals surface area contributed by atoms with E-state index in [0.717, 1.165) is 24.0 Å². The van der Waals surface area contributed by atoms with Gasteiger partial charge in [-0.2, -0.15) is 4.57 Å². The summed E-state index contributed by atoms with van der Waals surface area (Å²) < 4.78 is 12.8. The fourth-order valence-corrected chi connectivity index (χ4v) is 8.43. The van der Waals surface area contributed by atoms with Gasteiger partial charge in [0, 0.05) is 49.2 Å². The van der Waals surface area contributed by atoms with Gasteiger partial charge in [-0.05, 0) is 92.6 Å². The van der Waals surface area contributed by atoms with Crippen molar-refractivity contribution in [2.45, 2.75) is 45.6 Å². The van der Waals surface area contributed by atoms with Gasteiger partial charge in [0.1, 0.15) is 18.2 Å². The van der Waals surface area contributed by atoms with Crippen LogP contribution in [-0.4, -0.2) is 0 Å². The highest BCUT2D eigenvalue weighted by molar-refractivity contribution is 7.19. The van der Waals surface area contributed by atoms with Crippen LogP contribution in [0, 0.1) is 20.8 Å². The summed E-state index contributed by atoms with van der Waals surface area (Å²) in [5, 5.41) is 3.65. The number of fused-ring (bicyclic) bond motifs is 7. The van der Waals surface area contributed by atoms with Crippen molar-refractivity contribution in [2.24, 2.45) is 7.05 Å². The van der Waals surface area contributed by atoms with E-state index >= 15 is 0 Å². The number of allylic oxidation sites excluding steroid dienone is 1. The van der Waals surface area contributed by atoms with Gasteiger partial charge in [0.25, 0.3) is 0 Å². The number of hydrogen-bond donors (Lipinski definition) is 0. The number of pyridine rings is 2. The first kappa shape index (κ1) is 27.0. The van der Waals surface area contributed by atoms with Gasteiger partial charge in [-0.25, -0.2) is 4.57 Å². The van der Waals surface area contributed by atoms with Gasteiger partial charge in [-0.3, -0.25) is 0 Å². The predicted molar refractivity (Wildman–Crippen MR) is 182 cm³/mol. The molecular weight excluding hydrogens is 557 g/mol. The van der Waals surface area contributed by atoms with E-state index in [-0.39, 0.29) is 6.04 Å². The van der Waals surface area contributed by atoms with Gasteiger partial charge in [0.15, 0.2) is 18.4 Å². The number of rotatable bonds is 5. The van der Waals surface area contributed by atoms with E-state index in [0.29, 0.717) is 5.92 Å². The van der Waals surface area contributed by atoms with E-state index in [1.165, 1.54) is 70.5 Å². The van der Waals surface area contributed by atoms with Crippen molar-refractivity contribution in [1.29, 1.82) is 0 Å². The Morgan fingerprint density at radius 3 is 2.48 bits per heavy atom. The molecule has 0 fully saturated rings. The highest BCUT2D eigenvalue weighted by Crippen LogP contribution is 2.44. The Hall–Kier alpha value is -4.54. The van der Waals surface area contributed by atoms with Crippen LogP contribution in [0.25, 0.3) is 54.5 Å². The largest absolute Gasteiger partial charge is 0.455 e. The summed E-state index contributed by atoms with van der Waals surface area (Å²) in [7, 11) is 2.15. The number of hydrogen-bond acceptors (Lipinski definition) is 2. The molecule has 4 heteroatoms. The highest BCUT2D eigenvalue weighted by atomic mass is 32.1. The molecule has 0 radical (unpaired) electrons. The molecule has 2 unspecified atom stereocenters. The SMILES string of the molecule is C=CC1C(CCc2ccc3c(oc4cc5sc(C)cc5cc43)c2-c2ccc(C)c[n+]2C)c2ccccc2-c2ccc(C)c[n+]21. The average molecular weight is 593 g/mol. The smallest absolute Gasteiger partial charge is 0.216 e. The van der Waals surface area contributed by atoms with Crippen LogP contribution < -0.4 is 9.13 Å². The molecule has 216 valence electrons. The second kappa shape index (κ2) is 10.3. The molecule has 8 rings (SSSR count). The summed E-state index contributed by atoms with van der Waals surface area (Å²) in [6, 6.07) is 29.5. The summed E-state index contributed by atoms with van der Waals surface area (Å²) in [5.41, 5.74) is 12.1. The van der Waals surface area contributed by atoms with Crippen molar-refractivity contribution in [3.8, 4) is 22.5 Å². The van der Waals surface area contributed by atoms with E-state index < -0.39 is 0 Å². The number of aromatic nitrogens is 2. The quantitative estimate of drug-likeness (QED) is 0.144. The summed E-state index contributed by atoms with van der Waals surface area (Å²) in [5.74, 6) is 0.309. The Kier molecular flexibility index (Phi) is 6.32. The molecule has 0 N–H and O–H groups in total. The van der Waals surface area contributed by atoms with Crippen molar-refractivity contribution < 1.29 is 13.6 Å². The molecule has 3 aromatic carbocycles. The topological polar surface area (TPSA) is 20.9 Å². The van der Waals surface area contributed by atoms with Crippen molar-refractivity contribution in [2.75, 3.05) is 0 Å². The summed E-state index contributed by atoms with van der Waals surface area (Å²) in [6.07, 6.45) is 8.56. The number of thiophene rings is 1. The first-order valence-corrected chi connectivity index (χ1v) is 16.3. The van der Waals surface area contributed by atoms with Crippen molar-refractivity contribution in [3.63, 3.8) is 0 Å². The Labute approximate surface area is 262 Å². The van der Waals surface area contributed by atoms with Gasteiger partial charge >= 0.3 is 0 Å². The highest BCUT2D eigenvalue weighted by Gasteiger charge is 2.38. The molecule has 0 aliphatic carbocycles. The molecule has 3 nitrogen and oxygen atoms in total. The van der Waals surface area contributed by atoms with Gasteiger partial charge < -0.3 is 4.42 Å². The Balaban J connectivity index is 1.28. The minimum absolute atomic E-state index is 0.185. The first-order chi connectivity index (χ1) is 21.4. The third-order valence-electron chi connectivity index (χ3n) is 9.49. The van der Waals surface area contributed by atoms with Crippen LogP contribution in [0.5, 0.6) is 0 Å². The zero-order chi connectivity index (χ0) is 30.1. The summed E-state index contributed by atoms with van der Waals surface area (Å²) in [4.78, 5) is 1.32. The zero-order valence-electron chi connectivity index (χ0n) is 25.7. The molecule has 4 aromatic heterocycles. The van der Waals surface area contributed by atoms with Crippen molar-refractivity contribution in [1.82, 2.24) is 0 Å². The van der Waals surface area contributed by atoms with Crippen LogP contribution in [0.15, 0.2) is 108 Å². The van der Waals surface area contributed by atoms with E-state index in [4.69, 9.17) is 4.42 Å². The molecule has 0 amide bonds. The molecule has 5 heterocycles. The standard InChI is InChI=1S/C40H36N2OS/c1-6-34-31(29-9-7-8-10-30(29)35-17-11-25(3)23-42(34)35)15-13-27-14-16-32-33-20-28-19-26(4)44-38(28)21-37(33)43-40(32)39(27)36-18-12-24(2)22-41(36)5/h6-12,14,16-23,31,34H,1,13,15H2,2-5H3/q+2. The van der Waals surface area contributed by atoms with E-state index in [9.17, 15) is 0 Å². The maximum absolute atomic E-state index is 6.80. The maximum Gasteiger partial charge on any atom is 0.216 e. The fraction of sp³-hybridized carbons (Fsp3) is 0.200. The van der Waals surface area contributed by atoms with Crippen LogP contribution >= 0.6 is 11.3 Å². The second-order valence-electron chi connectivity index (χ2n) is 12.5. The molecule has 0 saturated heterocycles. The lowest BCUT2D eigenvalue weighted by Gasteiger charge is -2.29. The maximum atomic E-state index is 6.80. The van der Waals surface area contributed by atoms with Gasteiger partial charge in [-0.15, -0.1) is 11.3 Å². The molecule has 1 aliphatic rings. The molecule has 1 aliphatic heterocycles. The fourth-order valence-electron chi connectivity index (χ4n) is 7.49. The normalized spacial score (nSPS) is 16.0. The summed E-state index contributed by atoms with van der Waals surface area (Å²) >= 11 is 1.83. The monoisotopic (exact) mass is 592 g/mol. The third kappa shape index (κ3) is 4.23. The Morgan fingerprint density at radius 1 is 0.864 bits per heavy atom. The minimum Gasteiger partial charge on any atom is -0.455 e. The number of benzene rings is 3. The van der Waals surface area contributed by atoms with E-state index in [2.05, 4.69) is 141 Å². The molecule has 2 atom stereocenters. The van der Waals surface area contributed by atoms with Gasteiger partial charge in [0.2, 0.25) is 11.4 Å². The number of nitrogens with zero attached hydrogens (tertiary/aromatic N) is 2. The zero-order valence-corrected chi connectivity index (χ0v) is 26.5. The average Bonchev–Trinajstić information content (AvgIpc) is 3.56. The van der Waals surface area contributed by atoms with Crippen molar-refractivity contribution in [3.05, 3.63) is 131 Å². The Morgan fingerprint density at radius 2 is 1.66 bits per heavy atom. The second-order valence-corrected chi connectivity index (χ2v) is 13.8. The lowest BCUT2D eigenvalue weighted by Crippen LogP contribution is -2.46. The van der Waals surface area contributed by atoms with Crippen LogP contribution in [0.2, 0.25) is 0 Å².